The van der Waals surface area contributed by atoms with E-state index >= 15 is 0 Å². The fraction of sp³-hybridized carbons (Fsp3) is 0. The monoisotopic (exact) mass is 340 g/mol. The van der Waals surface area contributed by atoms with Gasteiger partial charge in [0.1, 0.15) is 0 Å². The Balaban J connectivity index is 0.000000331. The Morgan fingerprint density at radius 2 is 1.04 bits per heavy atom. The van der Waals surface area contributed by atoms with E-state index < -0.39 is 23.9 Å². The Kier molecular flexibility index (Phi) is 9.12. The van der Waals surface area contributed by atoms with Gasteiger partial charge in [0.2, 0.25) is 11.5 Å². The molecule has 0 aliphatic heterocycles. The second-order valence-corrected chi connectivity index (χ2v) is 3.57. The van der Waals surface area contributed by atoms with Crippen LogP contribution in [0.3, 0.4) is 0 Å². The molecule has 0 radical (unpaired) electrons. The van der Waals surface area contributed by atoms with E-state index in [4.69, 9.17) is 20.4 Å². The minimum Gasteiger partial charge on any atom is -0.478 e. The summed E-state index contributed by atoms with van der Waals surface area (Å²) in [6.45, 7) is 0. The molecule has 128 valence electrons. The second kappa shape index (κ2) is 10.8. The predicted molar refractivity (Wildman–Crippen MR) is 75.7 cm³/mol. The molecule has 10 nitrogen and oxygen atoms in total. The highest BCUT2D eigenvalue weighted by Gasteiger charge is 2.02. The summed E-state index contributed by atoms with van der Waals surface area (Å²) in [6.07, 6.45) is 3.76. The summed E-state index contributed by atoms with van der Waals surface area (Å²) >= 11 is 0. The molecule has 2 rings (SSSR count). The topological polar surface area (TPSA) is 175 Å². The summed E-state index contributed by atoms with van der Waals surface area (Å²) in [5.41, 5.74) is 0. The number of hydrogen-bond donors (Lipinski definition) is 4. The van der Waals surface area contributed by atoms with E-state index in [9.17, 15) is 19.2 Å². The first kappa shape index (κ1) is 20.2. The van der Waals surface area contributed by atoms with Gasteiger partial charge in [-0.1, -0.05) is 0 Å². The van der Waals surface area contributed by atoms with Crippen LogP contribution in [0.25, 0.3) is 0 Å². The smallest absolute Gasteiger partial charge is 0.371 e. The molecule has 4 N–H and O–H groups in total. The van der Waals surface area contributed by atoms with E-state index in [1.54, 1.807) is 0 Å². The number of hydrogen-bond acceptors (Lipinski definition) is 6. The molecule has 0 aliphatic carbocycles. The van der Waals surface area contributed by atoms with Crippen LogP contribution in [0, 0.1) is 0 Å². The van der Waals surface area contributed by atoms with Crippen LogP contribution < -0.4 is 0 Å². The third-order valence-corrected chi connectivity index (χ3v) is 1.83. The van der Waals surface area contributed by atoms with Gasteiger partial charge < -0.3 is 29.3 Å². The van der Waals surface area contributed by atoms with E-state index in [0.717, 1.165) is 0 Å². The molecule has 0 amide bonds. The molecule has 2 aromatic rings. The summed E-state index contributed by atoms with van der Waals surface area (Å²) in [7, 11) is 0. The SMILES string of the molecule is O=C(O)/C=C/C(=O)O.O=C(O)c1ccco1.O=C(O)c1ccco1. The summed E-state index contributed by atoms with van der Waals surface area (Å²) < 4.78 is 8.99. The van der Waals surface area contributed by atoms with Gasteiger partial charge in [0.05, 0.1) is 12.5 Å². The average Bonchev–Trinajstić information content (AvgIpc) is 3.19. The average molecular weight is 340 g/mol. The predicted octanol–water partition coefficient (Wildman–Crippen LogP) is 1.67. The van der Waals surface area contributed by atoms with E-state index in [2.05, 4.69) is 8.83 Å². The Morgan fingerprint density at radius 3 is 1.17 bits per heavy atom. The first-order valence-electron chi connectivity index (χ1n) is 5.91. The maximum atomic E-state index is 9.97. The van der Waals surface area contributed by atoms with Crippen molar-refractivity contribution in [3.63, 3.8) is 0 Å². The first-order chi connectivity index (χ1) is 11.2. The fourth-order valence-electron chi connectivity index (χ4n) is 0.943. The third kappa shape index (κ3) is 9.99. The van der Waals surface area contributed by atoms with Gasteiger partial charge in [-0.3, -0.25) is 0 Å². The summed E-state index contributed by atoms with van der Waals surface area (Å²) in [6, 6.07) is 5.84. The summed E-state index contributed by atoms with van der Waals surface area (Å²) in [5, 5.41) is 32.0. The zero-order chi connectivity index (χ0) is 18.5. The highest BCUT2D eigenvalue weighted by atomic mass is 16.4. The third-order valence-electron chi connectivity index (χ3n) is 1.83. The van der Waals surface area contributed by atoms with Gasteiger partial charge in [0.15, 0.2) is 0 Å². The minimum absolute atomic E-state index is 0.0231. The maximum absolute atomic E-state index is 9.97. The molecular weight excluding hydrogens is 328 g/mol. The quantitative estimate of drug-likeness (QED) is 0.599. The molecule has 0 atom stereocenters. The lowest BCUT2D eigenvalue weighted by atomic mass is 10.5. The van der Waals surface area contributed by atoms with Crippen molar-refractivity contribution in [2.45, 2.75) is 0 Å². The van der Waals surface area contributed by atoms with Crippen molar-refractivity contribution in [1.29, 1.82) is 0 Å². The lowest BCUT2D eigenvalue weighted by Crippen LogP contribution is -1.91. The zero-order valence-corrected chi connectivity index (χ0v) is 11.9. The number of furan rings is 2. The van der Waals surface area contributed by atoms with Crippen molar-refractivity contribution < 1.29 is 48.4 Å². The standard InChI is InChI=1S/2C5H4O3.C4H4O4/c2*6-5(7)4-2-1-3-8-4;5-3(6)1-2-4(7)8/h2*1-3H,(H,6,7);1-2H,(H,5,6)(H,7,8)/b;;2-1+. The van der Waals surface area contributed by atoms with Gasteiger partial charge in [0, 0.05) is 12.2 Å². The van der Waals surface area contributed by atoms with Crippen LogP contribution >= 0.6 is 0 Å². The fourth-order valence-corrected chi connectivity index (χ4v) is 0.943. The zero-order valence-electron chi connectivity index (χ0n) is 11.9. The highest BCUT2D eigenvalue weighted by molar-refractivity contribution is 5.89. The van der Waals surface area contributed by atoms with E-state index in [1.807, 2.05) is 0 Å². The lowest BCUT2D eigenvalue weighted by Gasteiger charge is -1.79. The molecule has 0 aromatic carbocycles. The van der Waals surface area contributed by atoms with Crippen LogP contribution in [0.4, 0.5) is 0 Å². The van der Waals surface area contributed by atoms with Crippen molar-refractivity contribution in [2.24, 2.45) is 0 Å². The first-order valence-corrected chi connectivity index (χ1v) is 5.91. The second-order valence-electron chi connectivity index (χ2n) is 3.57. The molecule has 0 fully saturated rings. The number of carboxylic acids is 4. The van der Waals surface area contributed by atoms with Gasteiger partial charge >= 0.3 is 23.9 Å². The molecular formula is C14H12O10. The van der Waals surface area contributed by atoms with Gasteiger partial charge in [0.25, 0.3) is 0 Å². The molecule has 0 saturated heterocycles. The molecule has 2 heterocycles. The van der Waals surface area contributed by atoms with E-state index in [0.29, 0.717) is 12.2 Å². The maximum Gasteiger partial charge on any atom is 0.371 e. The molecule has 0 saturated carbocycles. The Morgan fingerprint density at radius 1 is 0.708 bits per heavy atom. The summed E-state index contributed by atoms with van der Waals surface area (Å²) in [5.74, 6) is -4.63. The van der Waals surface area contributed by atoms with E-state index in [-0.39, 0.29) is 11.5 Å². The molecule has 10 heteroatoms. The van der Waals surface area contributed by atoms with Crippen molar-refractivity contribution in [3.05, 3.63) is 60.5 Å². The van der Waals surface area contributed by atoms with Crippen LogP contribution in [-0.4, -0.2) is 44.3 Å². The van der Waals surface area contributed by atoms with Crippen LogP contribution in [0.1, 0.15) is 21.1 Å². The number of rotatable bonds is 4. The number of aromatic carboxylic acids is 2. The van der Waals surface area contributed by atoms with Crippen molar-refractivity contribution in [2.75, 3.05) is 0 Å². The van der Waals surface area contributed by atoms with Crippen molar-refractivity contribution in [1.82, 2.24) is 0 Å². The molecule has 0 spiro atoms. The van der Waals surface area contributed by atoms with Crippen molar-refractivity contribution >= 4 is 23.9 Å². The Bertz CT molecular complexity index is 619. The molecule has 0 aliphatic rings. The van der Waals surface area contributed by atoms with Crippen LogP contribution in [-0.2, 0) is 9.59 Å². The number of carbonyl (C=O) groups is 4. The van der Waals surface area contributed by atoms with Gasteiger partial charge in [-0.25, -0.2) is 19.2 Å². The molecule has 24 heavy (non-hydrogen) atoms. The molecule has 0 unspecified atom stereocenters. The number of carboxylic acid groups (broad SMARTS) is 4. The van der Waals surface area contributed by atoms with Gasteiger partial charge in [-0.05, 0) is 24.3 Å². The minimum atomic E-state index is -1.26. The van der Waals surface area contributed by atoms with Crippen LogP contribution in [0.2, 0.25) is 0 Å². The largest absolute Gasteiger partial charge is 0.478 e. The number of aliphatic carboxylic acids is 2. The Hall–Kier alpha value is -3.82. The highest BCUT2D eigenvalue weighted by Crippen LogP contribution is 1.98. The van der Waals surface area contributed by atoms with E-state index in [1.165, 1.54) is 36.8 Å². The van der Waals surface area contributed by atoms with Crippen molar-refractivity contribution in [3.8, 4) is 0 Å². The summed E-state index contributed by atoms with van der Waals surface area (Å²) in [4.78, 5) is 39.0. The molecule has 0 bridgehead atoms. The van der Waals surface area contributed by atoms with Crippen LogP contribution in [0.5, 0.6) is 0 Å². The Labute approximate surface area is 133 Å². The lowest BCUT2D eigenvalue weighted by molar-refractivity contribution is -0.134. The molecule has 2 aromatic heterocycles. The van der Waals surface area contributed by atoms with Gasteiger partial charge in [-0.2, -0.15) is 0 Å². The normalized spacial score (nSPS) is 9.17. The van der Waals surface area contributed by atoms with Crippen LogP contribution in [0.15, 0.2) is 57.8 Å². The van der Waals surface area contributed by atoms with Gasteiger partial charge in [-0.15, -0.1) is 0 Å².